The van der Waals surface area contributed by atoms with E-state index >= 15 is 0 Å². The molecule has 1 aliphatic rings. The molecule has 0 saturated heterocycles. The molecule has 0 atom stereocenters. The Bertz CT molecular complexity index is 486. The fourth-order valence-corrected chi connectivity index (χ4v) is 1.45. The molecule has 2 aromatic heterocycles. The molecule has 0 amide bonds. The first kappa shape index (κ1) is 9.38. The number of hydrogen-bond donors (Lipinski definition) is 0. The molecule has 6 heteroatoms. The number of rotatable bonds is 4. The van der Waals surface area contributed by atoms with E-state index in [1.54, 1.807) is 17.1 Å². The van der Waals surface area contributed by atoms with E-state index in [-0.39, 0.29) is 0 Å². The molecular weight excluding hydrogens is 208 g/mol. The van der Waals surface area contributed by atoms with E-state index in [1.807, 2.05) is 7.05 Å². The van der Waals surface area contributed by atoms with E-state index in [4.69, 9.17) is 9.26 Å². The maximum atomic E-state index is 5.45. The van der Waals surface area contributed by atoms with Gasteiger partial charge in [0.25, 0.3) is 5.89 Å². The van der Waals surface area contributed by atoms with Crippen LogP contribution in [-0.4, -0.2) is 19.9 Å². The van der Waals surface area contributed by atoms with Crippen molar-refractivity contribution in [3.05, 3.63) is 24.1 Å². The number of hydrogen-bond acceptors (Lipinski definition) is 5. The molecule has 2 heterocycles. The maximum Gasteiger partial charge on any atom is 0.264 e. The Morgan fingerprint density at radius 3 is 3.12 bits per heavy atom. The van der Waals surface area contributed by atoms with Gasteiger partial charge in [0, 0.05) is 13.0 Å². The third-order valence-corrected chi connectivity index (χ3v) is 2.47. The highest BCUT2D eigenvalue weighted by Gasteiger charge is 2.28. The minimum atomic E-state index is 0.297. The van der Waals surface area contributed by atoms with Crippen LogP contribution in [0.2, 0.25) is 0 Å². The summed E-state index contributed by atoms with van der Waals surface area (Å²) in [4.78, 5) is 4.26. The molecule has 3 rings (SSSR count). The molecule has 0 aliphatic heterocycles. The summed E-state index contributed by atoms with van der Waals surface area (Å²) in [6, 6.07) is 0. The normalized spacial score (nSPS) is 15.3. The lowest BCUT2D eigenvalue weighted by molar-refractivity contribution is 0.242. The van der Waals surface area contributed by atoms with Crippen molar-refractivity contribution < 1.29 is 9.26 Å². The highest BCUT2D eigenvalue weighted by Crippen LogP contribution is 2.38. The Morgan fingerprint density at radius 2 is 2.44 bits per heavy atom. The van der Waals surface area contributed by atoms with Gasteiger partial charge in [-0.1, -0.05) is 5.16 Å². The van der Waals surface area contributed by atoms with Crippen LogP contribution in [0.25, 0.3) is 0 Å². The highest BCUT2D eigenvalue weighted by atomic mass is 16.5. The molecule has 16 heavy (non-hydrogen) atoms. The monoisotopic (exact) mass is 220 g/mol. The van der Waals surface area contributed by atoms with Gasteiger partial charge in [-0.2, -0.15) is 10.1 Å². The molecule has 0 unspecified atom stereocenters. The average molecular weight is 220 g/mol. The minimum Gasteiger partial charge on any atom is -0.480 e. The second kappa shape index (κ2) is 3.62. The van der Waals surface area contributed by atoms with Crippen LogP contribution in [0, 0.1) is 0 Å². The van der Waals surface area contributed by atoms with E-state index in [0.717, 1.165) is 5.82 Å². The van der Waals surface area contributed by atoms with Gasteiger partial charge in [-0.05, 0) is 12.8 Å². The van der Waals surface area contributed by atoms with Crippen LogP contribution in [0.3, 0.4) is 0 Å². The van der Waals surface area contributed by atoms with Crippen LogP contribution < -0.4 is 4.74 Å². The van der Waals surface area contributed by atoms with Crippen molar-refractivity contribution in [2.24, 2.45) is 7.05 Å². The molecule has 0 bridgehead atoms. The van der Waals surface area contributed by atoms with Crippen LogP contribution in [0.1, 0.15) is 30.5 Å². The van der Waals surface area contributed by atoms with E-state index in [0.29, 0.717) is 24.2 Å². The third kappa shape index (κ3) is 1.91. The molecule has 0 aromatic carbocycles. The van der Waals surface area contributed by atoms with E-state index in [1.165, 1.54) is 12.8 Å². The lowest BCUT2D eigenvalue weighted by Gasteiger charge is -1.96. The van der Waals surface area contributed by atoms with Gasteiger partial charge < -0.3 is 9.26 Å². The molecule has 0 radical (unpaired) electrons. The second-order valence-corrected chi connectivity index (χ2v) is 3.96. The summed E-state index contributed by atoms with van der Waals surface area (Å²) in [5.74, 6) is 2.54. The summed E-state index contributed by atoms with van der Waals surface area (Å²) in [6.45, 7) is 0.297. The quantitative estimate of drug-likeness (QED) is 0.776. The molecule has 6 nitrogen and oxygen atoms in total. The number of nitrogens with zero attached hydrogens (tertiary/aromatic N) is 4. The molecule has 1 aliphatic carbocycles. The van der Waals surface area contributed by atoms with E-state index < -0.39 is 0 Å². The molecule has 0 N–H and O–H groups in total. The standard InChI is InChI=1S/C10H12N4O2/c1-14-5-8(4-11-14)15-6-9-12-10(13-16-9)7-2-3-7/h4-5,7H,2-3,6H2,1H3. The first-order chi connectivity index (χ1) is 7.81. The van der Waals surface area contributed by atoms with Crippen LogP contribution in [0.4, 0.5) is 0 Å². The van der Waals surface area contributed by atoms with Gasteiger partial charge in [0.15, 0.2) is 18.2 Å². The van der Waals surface area contributed by atoms with E-state index in [9.17, 15) is 0 Å². The fourth-order valence-electron chi connectivity index (χ4n) is 1.45. The van der Waals surface area contributed by atoms with Crippen molar-refractivity contribution in [2.75, 3.05) is 0 Å². The van der Waals surface area contributed by atoms with Gasteiger partial charge in [0.1, 0.15) is 0 Å². The fraction of sp³-hybridized carbons (Fsp3) is 0.500. The Hall–Kier alpha value is -1.85. The van der Waals surface area contributed by atoms with Gasteiger partial charge in [0.05, 0.1) is 12.4 Å². The van der Waals surface area contributed by atoms with Crippen molar-refractivity contribution in [3.8, 4) is 5.75 Å². The zero-order chi connectivity index (χ0) is 11.0. The third-order valence-electron chi connectivity index (χ3n) is 2.47. The van der Waals surface area contributed by atoms with Crippen LogP contribution in [0.15, 0.2) is 16.9 Å². The largest absolute Gasteiger partial charge is 0.480 e. The molecule has 1 fully saturated rings. The molecule has 2 aromatic rings. The zero-order valence-electron chi connectivity index (χ0n) is 8.96. The summed E-state index contributed by atoms with van der Waals surface area (Å²) >= 11 is 0. The van der Waals surface area contributed by atoms with Crippen LogP contribution >= 0.6 is 0 Å². The second-order valence-electron chi connectivity index (χ2n) is 3.96. The Kier molecular flexibility index (Phi) is 2.12. The summed E-state index contributed by atoms with van der Waals surface area (Å²) in [6.07, 6.45) is 5.78. The minimum absolute atomic E-state index is 0.297. The molecule has 1 saturated carbocycles. The highest BCUT2D eigenvalue weighted by molar-refractivity contribution is 5.11. The predicted molar refractivity (Wildman–Crippen MR) is 53.8 cm³/mol. The predicted octanol–water partition coefficient (Wildman–Crippen LogP) is 1.26. The van der Waals surface area contributed by atoms with Crippen LogP contribution in [-0.2, 0) is 13.7 Å². The van der Waals surface area contributed by atoms with Crippen molar-refractivity contribution in [1.82, 2.24) is 19.9 Å². The summed E-state index contributed by atoms with van der Waals surface area (Å²) in [5, 5.41) is 7.91. The molecular formula is C10H12N4O2. The summed E-state index contributed by atoms with van der Waals surface area (Å²) in [7, 11) is 1.84. The van der Waals surface area contributed by atoms with Crippen molar-refractivity contribution in [3.63, 3.8) is 0 Å². The Morgan fingerprint density at radius 1 is 1.56 bits per heavy atom. The maximum absolute atomic E-state index is 5.45. The molecule has 0 spiro atoms. The van der Waals surface area contributed by atoms with Crippen molar-refractivity contribution in [2.45, 2.75) is 25.4 Å². The van der Waals surface area contributed by atoms with Gasteiger partial charge in [-0.3, -0.25) is 4.68 Å². The zero-order valence-corrected chi connectivity index (χ0v) is 8.96. The lowest BCUT2D eigenvalue weighted by atomic mass is 10.4. The summed E-state index contributed by atoms with van der Waals surface area (Å²) < 4.78 is 12.2. The van der Waals surface area contributed by atoms with Gasteiger partial charge >= 0.3 is 0 Å². The Balaban J connectivity index is 1.61. The lowest BCUT2D eigenvalue weighted by Crippen LogP contribution is -1.95. The SMILES string of the molecule is Cn1cc(OCc2nc(C3CC3)no2)cn1. The first-order valence-corrected chi connectivity index (χ1v) is 5.25. The topological polar surface area (TPSA) is 66.0 Å². The van der Waals surface area contributed by atoms with E-state index in [2.05, 4.69) is 15.2 Å². The average Bonchev–Trinajstić information content (AvgIpc) is 2.87. The first-order valence-electron chi connectivity index (χ1n) is 5.25. The van der Waals surface area contributed by atoms with Crippen molar-refractivity contribution >= 4 is 0 Å². The van der Waals surface area contributed by atoms with Gasteiger partial charge in [-0.15, -0.1) is 0 Å². The number of ether oxygens (including phenoxy) is 1. The smallest absolute Gasteiger partial charge is 0.264 e. The number of aromatic nitrogens is 4. The molecule has 84 valence electrons. The van der Waals surface area contributed by atoms with Crippen LogP contribution in [0.5, 0.6) is 5.75 Å². The summed E-state index contributed by atoms with van der Waals surface area (Å²) in [5.41, 5.74) is 0. The van der Waals surface area contributed by atoms with Crippen molar-refractivity contribution in [1.29, 1.82) is 0 Å². The van der Waals surface area contributed by atoms with Gasteiger partial charge in [-0.25, -0.2) is 0 Å². The Labute approximate surface area is 92.2 Å². The number of aryl methyl sites for hydroxylation is 1. The van der Waals surface area contributed by atoms with Gasteiger partial charge in [0.2, 0.25) is 0 Å².